The number of benzene rings is 4. The number of carbonyl (C=O) groups excluding carboxylic acids is 4. The Morgan fingerprint density at radius 1 is 0.848 bits per heavy atom. The van der Waals surface area contributed by atoms with Gasteiger partial charge in [-0.25, -0.2) is 14.8 Å². The molecule has 2 aromatic heterocycles. The van der Waals surface area contributed by atoms with Crippen LogP contribution in [0, 0.1) is 23.7 Å². The molecular weight excluding hydrogens is 835 g/mol. The minimum absolute atomic E-state index is 0.0254. The maximum absolute atomic E-state index is 14.5. The van der Waals surface area contributed by atoms with Crippen LogP contribution in [0.3, 0.4) is 0 Å². The lowest BCUT2D eigenvalue weighted by atomic mass is 9.89. The third-order valence-corrected chi connectivity index (χ3v) is 14.2. The highest BCUT2D eigenvalue weighted by atomic mass is 16.5. The number of esters is 1. The third kappa shape index (κ3) is 8.39. The van der Waals surface area contributed by atoms with Crippen LogP contribution in [0.2, 0.25) is 0 Å². The van der Waals surface area contributed by atoms with Gasteiger partial charge in [0.05, 0.1) is 61.6 Å². The predicted molar refractivity (Wildman–Crippen MR) is 247 cm³/mol. The lowest BCUT2D eigenvalue weighted by Gasteiger charge is -2.39. The Labute approximate surface area is 382 Å². The Balaban J connectivity index is 0.835. The smallest absolute Gasteiger partial charge is 0.407 e. The maximum atomic E-state index is 14.5. The van der Waals surface area contributed by atoms with Gasteiger partial charge in [-0.2, -0.15) is 0 Å². The van der Waals surface area contributed by atoms with Crippen molar-refractivity contribution < 1.29 is 33.4 Å². The fraction of sp³-hybridized carbons (Fsp3) is 0.385. The molecule has 0 unspecified atom stereocenters. The highest BCUT2D eigenvalue weighted by Crippen LogP contribution is 2.50. The SMILES string of the molecule is COC(=O)C[C@@H](C(=O)N1CCC[C@H]1c1ncc(-c2ccc(C#Cc3ccc4c(ccc5[nH]c([C@@H]6[C@H]7CC[C@H](C7)N6C(=O)[C@@H](NC(=O)OC)C6CCOCC6)nc54)c3)cc2)[nH]1)c1ccccc1. The van der Waals surface area contributed by atoms with Crippen LogP contribution in [0.1, 0.15) is 97.7 Å². The number of imidazole rings is 2. The van der Waals surface area contributed by atoms with Gasteiger partial charge in [0.25, 0.3) is 0 Å². The first kappa shape index (κ1) is 42.9. The zero-order valence-corrected chi connectivity index (χ0v) is 37.1. The van der Waals surface area contributed by atoms with Gasteiger partial charge in [-0.3, -0.25) is 14.4 Å². The van der Waals surface area contributed by atoms with E-state index in [1.54, 1.807) is 6.20 Å². The van der Waals surface area contributed by atoms with Crippen molar-refractivity contribution in [3.05, 3.63) is 119 Å². The summed E-state index contributed by atoms with van der Waals surface area (Å²) in [6.07, 6.45) is 7.06. The van der Waals surface area contributed by atoms with Crippen molar-refractivity contribution in [2.45, 2.75) is 81.5 Å². The number of amides is 3. The number of aromatic amines is 2. The van der Waals surface area contributed by atoms with Crippen molar-refractivity contribution in [1.82, 2.24) is 35.1 Å². The molecule has 6 aromatic rings. The number of fused-ring (bicyclic) bond motifs is 5. The van der Waals surface area contributed by atoms with Gasteiger partial charge < -0.3 is 39.3 Å². The van der Waals surface area contributed by atoms with Crippen LogP contribution in [-0.2, 0) is 28.6 Å². The summed E-state index contributed by atoms with van der Waals surface area (Å²) in [6.45, 7) is 1.71. The van der Waals surface area contributed by atoms with E-state index in [4.69, 9.17) is 24.2 Å². The third-order valence-electron chi connectivity index (χ3n) is 14.2. The van der Waals surface area contributed by atoms with E-state index in [0.29, 0.717) is 32.6 Å². The number of methoxy groups -OCH3 is 2. The van der Waals surface area contributed by atoms with Crippen LogP contribution in [0.25, 0.3) is 33.1 Å². The topological polar surface area (TPSA) is 172 Å². The molecule has 3 N–H and O–H groups in total. The summed E-state index contributed by atoms with van der Waals surface area (Å²) in [6, 6.07) is 26.7. The number of nitrogens with one attached hydrogen (secondary N) is 3. The fourth-order valence-corrected chi connectivity index (χ4v) is 10.8. The molecule has 10 rings (SSSR count). The highest BCUT2D eigenvalue weighted by molar-refractivity contribution is 6.04. The monoisotopic (exact) mass is 887 g/mol. The first-order valence-corrected chi connectivity index (χ1v) is 23.0. The standard InChI is InChI=1S/C52H53N7O7/c1-64-44(60)29-40(33-7-4-3-5-8-33)50(61)58-24-6-9-43(58)48-53-30-42(55-48)34-15-12-31(13-16-34)10-11-32-14-20-39-36(27-32)18-21-41-46(39)56-49(54-41)47-37-17-19-38(28-37)59(47)51(62)45(57-52(63)65-2)35-22-25-66-26-23-35/h3-5,7-8,12-16,18,20-21,27,30,35,37-38,40,43,45,47H,6,9,17,19,22-26,28-29H2,1-2H3,(H,53,55)(H,54,56)(H,57,63)/t37-,38+,40+,43-,45-,47-/m0/s1. The zero-order chi connectivity index (χ0) is 45.3. The van der Waals surface area contributed by atoms with Crippen LogP contribution >= 0.6 is 0 Å². The first-order chi connectivity index (χ1) is 32.3. The van der Waals surface area contributed by atoms with E-state index in [2.05, 4.69) is 45.3 Å². The van der Waals surface area contributed by atoms with Gasteiger partial charge in [-0.15, -0.1) is 0 Å². The van der Waals surface area contributed by atoms with E-state index >= 15 is 0 Å². The average Bonchev–Trinajstić information content (AvgIpc) is 4.23. The number of carbonyl (C=O) groups is 4. The molecule has 4 aliphatic rings. The molecule has 338 valence electrons. The van der Waals surface area contributed by atoms with Gasteiger partial charge in [0.15, 0.2) is 0 Å². The summed E-state index contributed by atoms with van der Waals surface area (Å²) < 4.78 is 15.5. The summed E-state index contributed by atoms with van der Waals surface area (Å²) in [7, 11) is 2.67. The number of alkyl carbamates (subject to hydrolysis) is 1. The van der Waals surface area contributed by atoms with Gasteiger partial charge in [-0.1, -0.05) is 66.4 Å². The van der Waals surface area contributed by atoms with Gasteiger partial charge >= 0.3 is 12.1 Å². The van der Waals surface area contributed by atoms with E-state index in [1.807, 2.05) is 76.5 Å². The maximum Gasteiger partial charge on any atom is 0.407 e. The summed E-state index contributed by atoms with van der Waals surface area (Å²) in [5.74, 6) is 7.17. The molecule has 6 atom stereocenters. The molecular formula is C52H53N7O7. The first-order valence-electron chi connectivity index (χ1n) is 23.0. The zero-order valence-electron chi connectivity index (χ0n) is 37.1. The van der Waals surface area contributed by atoms with Crippen molar-refractivity contribution in [3.63, 3.8) is 0 Å². The number of hydrogen-bond donors (Lipinski definition) is 3. The van der Waals surface area contributed by atoms with Gasteiger partial charge in [0.1, 0.15) is 17.7 Å². The van der Waals surface area contributed by atoms with Crippen LogP contribution in [0.5, 0.6) is 0 Å². The number of piperidine rings is 1. The summed E-state index contributed by atoms with van der Waals surface area (Å²) in [4.78, 5) is 74.1. The Hall–Kier alpha value is -6.98. The van der Waals surface area contributed by atoms with Crippen molar-refractivity contribution in [3.8, 4) is 23.1 Å². The second-order valence-corrected chi connectivity index (χ2v) is 17.9. The number of nitrogens with zero attached hydrogens (tertiary/aromatic N) is 4. The molecule has 66 heavy (non-hydrogen) atoms. The predicted octanol–water partition coefficient (Wildman–Crippen LogP) is 7.72. The number of H-pyrrole nitrogens is 2. The largest absolute Gasteiger partial charge is 0.469 e. The summed E-state index contributed by atoms with van der Waals surface area (Å²) in [5.41, 5.74) is 6.08. The Bertz CT molecular complexity index is 2840. The quantitative estimate of drug-likeness (QED) is 0.0920. The molecule has 3 amide bonds. The van der Waals surface area contributed by atoms with Crippen LogP contribution in [0.4, 0.5) is 4.79 Å². The van der Waals surface area contributed by atoms with Crippen LogP contribution < -0.4 is 5.32 Å². The van der Waals surface area contributed by atoms with E-state index in [0.717, 1.165) is 93.5 Å². The Kier molecular flexibility index (Phi) is 12.0. The van der Waals surface area contributed by atoms with Gasteiger partial charge in [0, 0.05) is 42.3 Å². The Morgan fingerprint density at radius 2 is 1.64 bits per heavy atom. The summed E-state index contributed by atoms with van der Waals surface area (Å²) in [5, 5.41) is 4.90. The molecule has 14 nitrogen and oxygen atoms in total. The lowest BCUT2D eigenvalue weighted by molar-refractivity contribution is -0.145. The molecule has 1 aliphatic carbocycles. The molecule has 0 spiro atoms. The van der Waals surface area contributed by atoms with E-state index < -0.39 is 24.0 Å². The fourth-order valence-electron chi connectivity index (χ4n) is 10.8. The molecule has 5 heterocycles. The van der Waals surface area contributed by atoms with E-state index in [-0.39, 0.29) is 48.2 Å². The van der Waals surface area contributed by atoms with Crippen LogP contribution in [-0.4, -0.2) is 99.7 Å². The number of likely N-dealkylation sites (tertiary alicyclic amines) is 2. The summed E-state index contributed by atoms with van der Waals surface area (Å²) >= 11 is 0. The van der Waals surface area contributed by atoms with Crippen LogP contribution in [0.15, 0.2) is 91.1 Å². The van der Waals surface area contributed by atoms with Crippen molar-refractivity contribution in [1.29, 1.82) is 0 Å². The molecule has 3 aliphatic heterocycles. The van der Waals surface area contributed by atoms with Crippen molar-refractivity contribution in [2.24, 2.45) is 11.8 Å². The number of ether oxygens (including phenoxy) is 3. The highest BCUT2D eigenvalue weighted by Gasteiger charge is 2.52. The van der Waals surface area contributed by atoms with E-state index in [1.165, 1.54) is 14.2 Å². The molecule has 0 radical (unpaired) electrons. The molecule has 4 fully saturated rings. The van der Waals surface area contributed by atoms with Crippen molar-refractivity contribution >= 4 is 45.7 Å². The molecule has 2 bridgehead atoms. The second kappa shape index (κ2) is 18.5. The average molecular weight is 888 g/mol. The van der Waals surface area contributed by atoms with Gasteiger partial charge in [-0.05, 0) is 104 Å². The minimum atomic E-state index is -0.690. The lowest BCUT2D eigenvalue weighted by Crippen LogP contribution is -2.55. The molecule has 3 saturated heterocycles. The molecule has 1 saturated carbocycles. The number of rotatable bonds is 10. The minimum Gasteiger partial charge on any atom is -0.469 e. The Morgan fingerprint density at radius 3 is 2.42 bits per heavy atom. The van der Waals surface area contributed by atoms with E-state index in [9.17, 15) is 19.2 Å². The number of hydrogen-bond acceptors (Lipinski definition) is 9. The normalized spacial score (nSPS) is 21.4. The molecule has 14 heteroatoms. The second-order valence-electron chi connectivity index (χ2n) is 17.9. The molecule has 4 aromatic carbocycles. The van der Waals surface area contributed by atoms with Crippen molar-refractivity contribution in [2.75, 3.05) is 34.0 Å². The number of aromatic nitrogens is 4. The van der Waals surface area contributed by atoms with Gasteiger partial charge in [0.2, 0.25) is 11.8 Å².